The van der Waals surface area contributed by atoms with Crippen molar-refractivity contribution in [3.63, 3.8) is 0 Å². The summed E-state index contributed by atoms with van der Waals surface area (Å²) in [5.74, 6) is -0.482. The Balaban J connectivity index is 2.43. The van der Waals surface area contributed by atoms with Crippen molar-refractivity contribution in [2.24, 2.45) is 0 Å². The standard InChI is InChI=1S/C12H12N2O4/c1-7(17-2)10-13-11(18-14-10)8-5-3-4-6-9(8)12(15)16/h3-7H,1-2H3,(H,15,16). The summed E-state index contributed by atoms with van der Waals surface area (Å²) in [4.78, 5) is 15.2. The molecule has 0 fully saturated rings. The molecule has 0 bridgehead atoms. The van der Waals surface area contributed by atoms with E-state index in [1.54, 1.807) is 25.1 Å². The monoisotopic (exact) mass is 248 g/mol. The Morgan fingerprint density at radius 2 is 2.17 bits per heavy atom. The number of nitrogens with zero attached hydrogens (tertiary/aromatic N) is 2. The minimum absolute atomic E-state index is 0.123. The van der Waals surface area contributed by atoms with Gasteiger partial charge >= 0.3 is 5.97 Å². The molecule has 2 rings (SSSR count). The van der Waals surface area contributed by atoms with Gasteiger partial charge in [0.05, 0.1) is 11.1 Å². The quantitative estimate of drug-likeness (QED) is 0.892. The van der Waals surface area contributed by atoms with Gasteiger partial charge in [-0.25, -0.2) is 4.79 Å². The fraction of sp³-hybridized carbons (Fsp3) is 0.250. The second-order valence-corrected chi connectivity index (χ2v) is 3.69. The molecule has 0 aliphatic carbocycles. The minimum atomic E-state index is -1.04. The molecule has 1 unspecified atom stereocenters. The van der Waals surface area contributed by atoms with Crippen LogP contribution >= 0.6 is 0 Å². The Hall–Kier alpha value is -2.21. The molecular formula is C12H12N2O4. The molecule has 1 N–H and O–H groups in total. The molecule has 2 aromatic rings. The van der Waals surface area contributed by atoms with E-state index < -0.39 is 5.97 Å². The van der Waals surface area contributed by atoms with Crippen LogP contribution < -0.4 is 0 Å². The Labute approximate surface area is 103 Å². The predicted molar refractivity (Wildman–Crippen MR) is 62.1 cm³/mol. The molecule has 0 saturated heterocycles. The second-order valence-electron chi connectivity index (χ2n) is 3.69. The van der Waals surface area contributed by atoms with Crippen LogP contribution in [-0.4, -0.2) is 28.3 Å². The Morgan fingerprint density at radius 3 is 2.83 bits per heavy atom. The molecule has 6 heteroatoms. The molecule has 6 nitrogen and oxygen atoms in total. The number of hydrogen-bond acceptors (Lipinski definition) is 5. The number of ether oxygens (including phenoxy) is 1. The van der Waals surface area contributed by atoms with Crippen LogP contribution in [-0.2, 0) is 4.74 Å². The maximum Gasteiger partial charge on any atom is 0.336 e. The molecule has 1 heterocycles. The summed E-state index contributed by atoms with van der Waals surface area (Å²) in [6, 6.07) is 6.47. The summed E-state index contributed by atoms with van der Waals surface area (Å²) in [7, 11) is 1.53. The maximum absolute atomic E-state index is 11.1. The zero-order valence-electron chi connectivity index (χ0n) is 9.95. The number of carbonyl (C=O) groups is 1. The summed E-state index contributed by atoms with van der Waals surface area (Å²) in [6.45, 7) is 1.78. The van der Waals surface area contributed by atoms with E-state index >= 15 is 0 Å². The first-order chi connectivity index (χ1) is 8.63. The summed E-state index contributed by atoms with van der Waals surface area (Å²) < 4.78 is 10.1. The number of methoxy groups -OCH3 is 1. The normalized spacial score (nSPS) is 12.3. The number of carboxylic acid groups (broad SMARTS) is 1. The molecule has 0 aliphatic rings. The second kappa shape index (κ2) is 4.97. The Morgan fingerprint density at radius 1 is 1.44 bits per heavy atom. The molecule has 0 aliphatic heterocycles. The lowest BCUT2D eigenvalue weighted by atomic mass is 10.1. The number of rotatable bonds is 4. The molecule has 0 spiro atoms. The molecule has 0 saturated carbocycles. The topological polar surface area (TPSA) is 85.5 Å². The van der Waals surface area contributed by atoms with E-state index in [1.165, 1.54) is 13.2 Å². The fourth-order valence-electron chi connectivity index (χ4n) is 1.47. The average molecular weight is 248 g/mol. The highest BCUT2D eigenvalue weighted by Crippen LogP contribution is 2.23. The van der Waals surface area contributed by atoms with E-state index in [9.17, 15) is 4.79 Å². The summed E-state index contributed by atoms with van der Waals surface area (Å²) in [5, 5.41) is 12.8. The van der Waals surface area contributed by atoms with Gasteiger partial charge in [-0.15, -0.1) is 0 Å². The van der Waals surface area contributed by atoms with Crippen molar-refractivity contribution in [2.45, 2.75) is 13.0 Å². The van der Waals surface area contributed by atoms with E-state index in [2.05, 4.69) is 10.1 Å². The van der Waals surface area contributed by atoms with Gasteiger partial charge in [-0.2, -0.15) is 4.98 Å². The number of aromatic carboxylic acids is 1. The highest BCUT2D eigenvalue weighted by molar-refractivity contribution is 5.94. The van der Waals surface area contributed by atoms with E-state index in [1.807, 2.05) is 0 Å². The summed E-state index contributed by atoms with van der Waals surface area (Å²) >= 11 is 0. The van der Waals surface area contributed by atoms with Crippen molar-refractivity contribution in [2.75, 3.05) is 7.11 Å². The summed E-state index contributed by atoms with van der Waals surface area (Å²) in [6.07, 6.45) is -0.306. The Kier molecular flexibility index (Phi) is 3.38. The zero-order chi connectivity index (χ0) is 13.1. The predicted octanol–water partition coefficient (Wildman–Crippen LogP) is 2.14. The first kappa shape index (κ1) is 12.3. The van der Waals surface area contributed by atoms with E-state index in [0.717, 1.165) is 0 Å². The maximum atomic E-state index is 11.1. The minimum Gasteiger partial charge on any atom is -0.478 e. The molecule has 1 aromatic carbocycles. The van der Waals surface area contributed by atoms with Gasteiger partial charge in [0.15, 0.2) is 0 Å². The third-order valence-electron chi connectivity index (χ3n) is 2.55. The average Bonchev–Trinajstić information content (AvgIpc) is 2.87. The fourth-order valence-corrected chi connectivity index (χ4v) is 1.47. The van der Waals surface area contributed by atoms with Gasteiger partial charge in [-0.05, 0) is 19.1 Å². The molecule has 1 atom stereocenters. The van der Waals surface area contributed by atoms with Crippen LogP contribution in [0.4, 0.5) is 0 Å². The summed E-state index contributed by atoms with van der Waals surface area (Å²) in [5.41, 5.74) is 0.518. The lowest BCUT2D eigenvalue weighted by Crippen LogP contribution is -2.00. The number of benzene rings is 1. The first-order valence-corrected chi connectivity index (χ1v) is 5.32. The first-order valence-electron chi connectivity index (χ1n) is 5.32. The molecule has 94 valence electrons. The van der Waals surface area contributed by atoms with Gasteiger partial charge in [0.2, 0.25) is 5.82 Å². The van der Waals surface area contributed by atoms with Crippen LogP contribution in [0.3, 0.4) is 0 Å². The van der Waals surface area contributed by atoms with Gasteiger partial charge in [0, 0.05) is 7.11 Å². The van der Waals surface area contributed by atoms with Crippen molar-refractivity contribution in [1.82, 2.24) is 10.1 Å². The van der Waals surface area contributed by atoms with E-state index in [0.29, 0.717) is 11.4 Å². The van der Waals surface area contributed by atoms with E-state index in [4.69, 9.17) is 14.4 Å². The van der Waals surface area contributed by atoms with Crippen molar-refractivity contribution >= 4 is 5.97 Å². The third-order valence-corrected chi connectivity index (χ3v) is 2.55. The van der Waals surface area contributed by atoms with Crippen LogP contribution in [0.15, 0.2) is 28.8 Å². The smallest absolute Gasteiger partial charge is 0.336 e. The largest absolute Gasteiger partial charge is 0.478 e. The van der Waals surface area contributed by atoms with Crippen molar-refractivity contribution in [3.8, 4) is 11.5 Å². The zero-order valence-corrected chi connectivity index (χ0v) is 9.95. The van der Waals surface area contributed by atoms with Crippen molar-refractivity contribution in [1.29, 1.82) is 0 Å². The van der Waals surface area contributed by atoms with Crippen LogP contribution in [0, 0.1) is 0 Å². The van der Waals surface area contributed by atoms with Gasteiger partial charge in [0.25, 0.3) is 5.89 Å². The number of carboxylic acids is 1. The Bertz CT molecular complexity index is 565. The molecule has 0 amide bonds. The van der Waals surface area contributed by atoms with Crippen LogP contribution in [0.2, 0.25) is 0 Å². The van der Waals surface area contributed by atoms with Gasteiger partial charge < -0.3 is 14.4 Å². The van der Waals surface area contributed by atoms with Crippen molar-refractivity contribution in [3.05, 3.63) is 35.7 Å². The third kappa shape index (κ3) is 2.23. The molecule has 1 aromatic heterocycles. The van der Waals surface area contributed by atoms with Gasteiger partial charge in [-0.1, -0.05) is 17.3 Å². The highest BCUT2D eigenvalue weighted by Gasteiger charge is 2.18. The van der Waals surface area contributed by atoms with Gasteiger partial charge in [-0.3, -0.25) is 0 Å². The SMILES string of the molecule is COC(C)c1noc(-c2ccccc2C(=O)O)n1. The molecule has 0 radical (unpaired) electrons. The number of aromatic nitrogens is 2. The van der Waals surface area contributed by atoms with Crippen molar-refractivity contribution < 1.29 is 19.2 Å². The van der Waals surface area contributed by atoms with Crippen LogP contribution in [0.25, 0.3) is 11.5 Å². The molecular weight excluding hydrogens is 236 g/mol. The van der Waals surface area contributed by atoms with Crippen LogP contribution in [0.1, 0.15) is 29.2 Å². The van der Waals surface area contributed by atoms with Crippen LogP contribution in [0.5, 0.6) is 0 Å². The molecule has 18 heavy (non-hydrogen) atoms. The lowest BCUT2D eigenvalue weighted by Gasteiger charge is -2.01. The lowest BCUT2D eigenvalue weighted by molar-refractivity contribution is 0.0697. The van der Waals surface area contributed by atoms with E-state index in [-0.39, 0.29) is 17.6 Å². The highest BCUT2D eigenvalue weighted by atomic mass is 16.5. The van der Waals surface area contributed by atoms with Gasteiger partial charge in [0.1, 0.15) is 6.10 Å². The number of hydrogen-bond donors (Lipinski definition) is 1.